The Morgan fingerprint density at radius 2 is 1.91 bits per heavy atom. The largest absolute Gasteiger partial charge is 0.400 e. The molecule has 1 saturated heterocycles. The van der Waals surface area contributed by atoms with Crippen LogP contribution in [0.25, 0.3) is 0 Å². The molecule has 0 aromatic carbocycles. The van der Waals surface area contributed by atoms with Gasteiger partial charge in [0.25, 0.3) is 5.91 Å². The Hall–Kier alpha value is -1.72. The molecule has 1 aliphatic rings. The van der Waals surface area contributed by atoms with Gasteiger partial charge in [0.05, 0.1) is 12.3 Å². The first-order valence-electron chi connectivity index (χ1n) is 7.22. The van der Waals surface area contributed by atoms with Crippen LogP contribution < -0.4 is 17.3 Å². The van der Waals surface area contributed by atoms with Gasteiger partial charge in [0.1, 0.15) is 24.0 Å². The van der Waals surface area contributed by atoms with E-state index in [-0.39, 0.29) is 11.4 Å². The van der Waals surface area contributed by atoms with Crippen LogP contribution in [0.1, 0.15) is 19.8 Å². The van der Waals surface area contributed by atoms with Gasteiger partial charge in [-0.25, -0.2) is 10.9 Å². The van der Waals surface area contributed by atoms with Crippen molar-refractivity contribution in [3.05, 3.63) is 11.4 Å². The fourth-order valence-corrected chi connectivity index (χ4v) is 2.24. The van der Waals surface area contributed by atoms with Crippen molar-refractivity contribution < 1.29 is 24.9 Å². The molecule has 0 bridgehead atoms. The number of aliphatic hydroxyl groups excluding tert-OH is 3. The van der Waals surface area contributed by atoms with Crippen molar-refractivity contribution in [2.75, 3.05) is 13.7 Å². The fraction of sp³-hybridized carbons (Fsp3) is 0.692. The predicted octanol–water partition coefficient (Wildman–Crippen LogP) is -2.87. The number of hydrazine groups is 1. The van der Waals surface area contributed by atoms with Gasteiger partial charge in [0, 0.05) is 12.7 Å². The molecule has 1 rings (SSSR count). The van der Waals surface area contributed by atoms with Crippen molar-refractivity contribution in [1.29, 1.82) is 0 Å². The van der Waals surface area contributed by atoms with E-state index in [1.807, 2.05) is 6.92 Å². The normalized spacial score (nSPS) is 29.4. The van der Waals surface area contributed by atoms with E-state index in [1.54, 1.807) is 0 Å². The average molecular weight is 331 g/mol. The molecule has 4 unspecified atom stereocenters. The zero-order valence-corrected chi connectivity index (χ0v) is 13.2. The molecule has 0 saturated carbocycles. The summed E-state index contributed by atoms with van der Waals surface area (Å²) in [5.74, 6) is 4.87. The maximum atomic E-state index is 12.4. The number of nitrogens with two attached hydrogens (primary N) is 3. The van der Waals surface area contributed by atoms with Gasteiger partial charge in [-0.2, -0.15) is 0 Å². The van der Waals surface area contributed by atoms with Crippen LogP contribution in [0.2, 0.25) is 0 Å². The Morgan fingerprint density at radius 1 is 1.30 bits per heavy atom. The minimum absolute atomic E-state index is 0.00143. The average Bonchev–Trinajstić information content (AvgIpc) is 2.82. The Labute approximate surface area is 134 Å². The molecule has 4 atom stereocenters. The molecule has 0 aromatic rings. The number of carbonyl (C=O) groups excluding carboxylic acids is 1. The summed E-state index contributed by atoms with van der Waals surface area (Å²) >= 11 is 0. The molecule has 10 nitrogen and oxygen atoms in total. The number of carbonyl (C=O) groups is 1. The smallest absolute Gasteiger partial charge is 0.290 e. The van der Waals surface area contributed by atoms with E-state index >= 15 is 0 Å². The van der Waals surface area contributed by atoms with E-state index in [0.29, 0.717) is 17.1 Å². The number of hydrogen-bond acceptors (Lipinski definition) is 9. The molecule has 10 heteroatoms. The maximum Gasteiger partial charge on any atom is 0.290 e. The standard InChI is InChI=1S/C13H25N5O5/c1-3-4-6(14)8(15)9(17-2)12(22)18(16)13-11(21)10(20)7(5-19)23-13/h7,10-11,13,19-21H,3-5,14-16H2,1-2H3. The lowest BCUT2D eigenvalue weighted by Gasteiger charge is -2.26. The molecule has 0 spiro atoms. The minimum Gasteiger partial charge on any atom is -0.400 e. The van der Waals surface area contributed by atoms with Crippen LogP contribution in [0.15, 0.2) is 16.4 Å². The molecule has 1 fully saturated rings. The van der Waals surface area contributed by atoms with Gasteiger partial charge in [-0.15, -0.1) is 0 Å². The van der Waals surface area contributed by atoms with Gasteiger partial charge < -0.3 is 31.5 Å². The number of allylic oxidation sites excluding steroid dienone is 1. The molecule has 1 heterocycles. The highest BCUT2D eigenvalue weighted by Crippen LogP contribution is 2.23. The highest BCUT2D eigenvalue weighted by atomic mass is 16.6. The third-order valence-corrected chi connectivity index (χ3v) is 3.57. The Morgan fingerprint density at radius 3 is 2.35 bits per heavy atom. The molecule has 0 radical (unpaired) electrons. The zero-order valence-electron chi connectivity index (χ0n) is 13.2. The summed E-state index contributed by atoms with van der Waals surface area (Å²) in [5, 5.41) is 29.2. The lowest BCUT2D eigenvalue weighted by Crippen LogP contribution is -2.54. The quantitative estimate of drug-likeness (QED) is 0.130. The van der Waals surface area contributed by atoms with Crippen LogP contribution in [0.3, 0.4) is 0 Å². The van der Waals surface area contributed by atoms with Crippen molar-refractivity contribution in [3.63, 3.8) is 0 Å². The summed E-state index contributed by atoms with van der Waals surface area (Å²) in [6.45, 7) is 1.37. The molecular weight excluding hydrogens is 306 g/mol. The molecule has 0 aromatic heterocycles. The number of aliphatic imine (C=N–C) groups is 1. The van der Waals surface area contributed by atoms with Crippen molar-refractivity contribution in [3.8, 4) is 0 Å². The van der Waals surface area contributed by atoms with Gasteiger partial charge in [0.15, 0.2) is 6.23 Å². The summed E-state index contributed by atoms with van der Waals surface area (Å²) in [6, 6.07) is 0. The SMILES string of the molecule is CCCC(N)=C(N)C(=NC)C(=O)N(N)C1OC(CO)C(O)C1O. The molecular formula is C13H25N5O5. The van der Waals surface area contributed by atoms with Crippen molar-refractivity contribution >= 4 is 11.6 Å². The van der Waals surface area contributed by atoms with Crippen LogP contribution in [-0.4, -0.2) is 70.1 Å². The predicted molar refractivity (Wildman–Crippen MR) is 82.5 cm³/mol. The lowest BCUT2D eigenvalue weighted by atomic mass is 10.1. The summed E-state index contributed by atoms with van der Waals surface area (Å²) in [4.78, 5) is 16.2. The number of rotatable bonds is 6. The fourth-order valence-electron chi connectivity index (χ4n) is 2.24. The van der Waals surface area contributed by atoms with E-state index in [1.165, 1.54) is 7.05 Å². The minimum atomic E-state index is -1.47. The van der Waals surface area contributed by atoms with Gasteiger partial charge in [-0.3, -0.25) is 9.79 Å². The number of nitrogens with zero attached hydrogens (tertiary/aromatic N) is 2. The summed E-state index contributed by atoms with van der Waals surface area (Å²) in [7, 11) is 1.35. The van der Waals surface area contributed by atoms with Crippen LogP contribution in [0.5, 0.6) is 0 Å². The number of ether oxygens (including phenoxy) is 1. The van der Waals surface area contributed by atoms with Crippen molar-refractivity contribution in [1.82, 2.24) is 5.01 Å². The van der Waals surface area contributed by atoms with Gasteiger partial charge in [-0.1, -0.05) is 13.3 Å². The number of amides is 1. The van der Waals surface area contributed by atoms with Gasteiger partial charge >= 0.3 is 0 Å². The zero-order chi connectivity index (χ0) is 17.7. The molecule has 132 valence electrons. The molecule has 1 aliphatic heterocycles. The Bertz CT molecular complexity index is 495. The van der Waals surface area contributed by atoms with Crippen LogP contribution in [0, 0.1) is 0 Å². The second-order valence-electron chi connectivity index (χ2n) is 5.20. The second-order valence-corrected chi connectivity index (χ2v) is 5.20. The molecule has 9 N–H and O–H groups in total. The monoisotopic (exact) mass is 331 g/mol. The topological polar surface area (TPSA) is 181 Å². The van der Waals surface area contributed by atoms with Crippen LogP contribution >= 0.6 is 0 Å². The van der Waals surface area contributed by atoms with Gasteiger partial charge in [0.2, 0.25) is 0 Å². The van der Waals surface area contributed by atoms with E-state index in [4.69, 9.17) is 27.2 Å². The van der Waals surface area contributed by atoms with Crippen molar-refractivity contribution in [2.45, 2.75) is 44.3 Å². The van der Waals surface area contributed by atoms with E-state index < -0.39 is 37.1 Å². The second kappa shape index (κ2) is 8.22. The van der Waals surface area contributed by atoms with Crippen LogP contribution in [-0.2, 0) is 9.53 Å². The van der Waals surface area contributed by atoms with Gasteiger partial charge in [-0.05, 0) is 6.42 Å². The molecule has 0 aliphatic carbocycles. The first-order chi connectivity index (χ1) is 10.8. The number of hydrogen-bond donors (Lipinski definition) is 6. The Balaban J connectivity index is 2.97. The Kier molecular flexibility index (Phi) is 6.91. The first-order valence-corrected chi connectivity index (χ1v) is 7.22. The lowest BCUT2D eigenvalue weighted by molar-refractivity contribution is -0.146. The highest BCUT2D eigenvalue weighted by molar-refractivity contribution is 6.45. The first kappa shape index (κ1) is 19.3. The van der Waals surface area contributed by atoms with E-state index in [9.17, 15) is 15.0 Å². The van der Waals surface area contributed by atoms with Crippen molar-refractivity contribution in [2.24, 2.45) is 22.3 Å². The summed E-state index contributed by atoms with van der Waals surface area (Å²) in [6.07, 6.45) is -4.02. The molecule has 1 amide bonds. The maximum absolute atomic E-state index is 12.4. The summed E-state index contributed by atoms with van der Waals surface area (Å²) < 4.78 is 5.19. The van der Waals surface area contributed by atoms with E-state index in [0.717, 1.165) is 6.42 Å². The highest BCUT2D eigenvalue weighted by Gasteiger charge is 2.46. The third-order valence-electron chi connectivity index (χ3n) is 3.57. The summed E-state index contributed by atoms with van der Waals surface area (Å²) in [5.41, 5.74) is 11.8. The van der Waals surface area contributed by atoms with E-state index in [2.05, 4.69) is 4.99 Å². The number of aliphatic hydroxyl groups is 3. The third kappa shape index (κ3) is 3.98. The van der Waals surface area contributed by atoms with Crippen LogP contribution in [0.4, 0.5) is 0 Å². The molecule has 23 heavy (non-hydrogen) atoms.